The maximum Gasteiger partial charge on any atom is 0.300 e. The summed E-state index contributed by atoms with van der Waals surface area (Å²) < 4.78 is 25.3. The molecule has 0 saturated heterocycles. The molecule has 0 spiro atoms. The number of rotatable bonds is 4. The molecule has 10 heteroatoms. The Morgan fingerprint density at radius 1 is 1.33 bits per heavy atom. The van der Waals surface area contributed by atoms with Crippen molar-refractivity contribution in [2.24, 2.45) is 0 Å². The molecule has 0 saturated carbocycles. The van der Waals surface area contributed by atoms with E-state index in [2.05, 4.69) is 0 Å². The van der Waals surface area contributed by atoms with Gasteiger partial charge < -0.3 is 5.11 Å². The number of sulfonamides is 1. The second-order valence-electron chi connectivity index (χ2n) is 3.97. The summed E-state index contributed by atoms with van der Waals surface area (Å²) in [5, 5.41) is 19.9. The van der Waals surface area contributed by atoms with Gasteiger partial charge in [-0.25, -0.2) is 8.42 Å². The third-order valence-electron chi connectivity index (χ3n) is 2.67. The standard InChI is InChI=1S/C11H9ClN2O5S2/c1-13(7-2-4-8(15)5-3-7)21(18,19)10-6-9(14(16)17)11(12)20-10/h2-6,15H,1H3. The monoisotopic (exact) mass is 348 g/mol. The van der Waals surface area contributed by atoms with Crippen LogP contribution in [-0.4, -0.2) is 25.5 Å². The summed E-state index contributed by atoms with van der Waals surface area (Å²) in [7, 11) is -2.65. The van der Waals surface area contributed by atoms with Gasteiger partial charge in [0.15, 0.2) is 4.34 Å². The van der Waals surface area contributed by atoms with Crippen LogP contribution in [0.2, 0.25) is 4.34 Å². The molecule has 1 N–H and O–H groups in total. The molecule has 0 unspecified atom stereocenters. The van der Waals surface area contributed by atoms with E-state index in [-0.39, 0.29) is 14.3 Å². The Bertz CT molecular complexity index is 785. The largest absolute Gasteiger partial charge is 0.508 e. The van der Waals surface area contributed by atoms with Crippen molar-refractivity contribution in [1.29, 1.82) is 0 Å². The molecule has 0 fully saturated rings. The number of anilines is 1. The van der Waals surface area contributed by atoms with Crippen LogP contribution in [0.4, 0.5) is 11.4 Å². The number of aromatic hydroxyl groups is 1. The van der Waals surface area contributed by atoms with Gasteiger partial charge in [-0.15, -0.1) is 11.3 Å². The summed E-state index contributed by atoms with van der Waals surface area (Å²) in [6.45, 7) is 0. The van der Waals surface area contributed by atoms with E-state index in [0.29, 0.717) is 17.0 Å². The number of nitro groups is 1. The van der Waals surface area contributed by atoms with Crippen LogP contribution in [0.15, 0.2) is 34.5 Å². The molecule has 0 bridgehead atoms. The van der Waals surface area contributed by atoms with E-state index < -0.39 is 20.6 Å². The Morgan fingerprint density at radius 3 is 2.38 bits per heavy atom. The van der Waals surface area contributed by atoms with Gasteiger partial charge >= 0.3 is 0 Å². The molecule has 2 aromatic rings. The van der Waals surface area contributed by atoms with Crippen LogP contribution in [0.1, 0.15) is 0 Å². The average Bonchev–Trinajstić information content (AvgIpc) is 2.82. The number of nitrogens with zero attached hydrogens (tertiary/aromatic N) is 2. The van der Waals surface area contributed by atoms with Gasteiger partial charge in [-0.2, -0.15) is 0 Å². The number of phenolic OH excluding ortho intramolecular Hbond substituents is 1. The maximum absolute atomic E-state index is 12.4. The van der Waals surface area contributed by atoms with Crippen molar-refractivity contribution in [2.75, 3.05) is 11.4 Å². The van der Waals surface area contributed by atoms with Crippen LogP contribution in [0, 0.1) is 10.1 Å². The van der Waals surface area contributed by atoms with Crippen molar-refractivity contribution in [3.63, 3.8) is 0 Å². The summed E-state index contributed by atoms with van der Waals surface area (Å²) >= 11 is 6.30. The zero-order valence-electron chi connectivity index (χ0n) is 10.6. The Morgan fingerprint density at radius 2 is 1.90 bits per heavy atom. The molecule has 0 radical (unpaired) electrons. The quantitative estimate of drug-likeness (QED) is 0.676. The van der Waals surface area contributed by atoms with Gasteiger partial charge in [0, 0.05) is 13.1 Å². The number of thiophene rings is 1. The Labute approximate surface area is 129 Å². The van der Waals surface area contributed by atoms with Gasteiger partial charge in [0.1, 0.15) is 9.96 Å². The lowest BCUT2D eigenvalue weighted by Crippen LogP contribution is -2.25. The Balaban J connectivity index is 2.44. The fourth-order valence-corrected chi connectivity index (χ4v) is 4.56. The molecule has 2 rings (SSSR count). The van der Waals surface area contributed by atoms with E-state index in [1.165, 1.54) is 31.3 Å². The number of halogens is 1. The van der Waals surface area contributed by atoms with E-state index in [9.17, 15) is 23.6 Å². The van der Waals surface area contributed by atoms with Crippen molar-refractivity contribution in [3.05, 3.63) is 44.8 Å². The molecule has 0 aliphatic rings. The zero-order chi connectivity index (χ0) is 15.8. The summed E-state index contributed by atoms with van der Waals surface area (Å²) in [6.07, 6.45) is 0. The SMILES string of the molecule is CN(c1ccc(O)cc1)S(=O)(=O)c1cc([N+](=O)[O-])c(Cl)s1. The highest BCUT2D eigenvalue weighted by molar-refractivity contribution is 7.94. The van der Waals surface area contributed by atoms with Crippen molar-refractivity contribution in [2.45, 2.75) is 4.21 Å². The molecular formula is C11H9ClN2O5S2. The number of hydrogen-bond acceptors (Lipinski definition) is 6. The fourth-order valence-electron chi connectivity index (χ4n) is 1.53. The molecular weight excluding hydrogens is 340 g/mol. The minimum atomic E-state index is -3.96. The van der Waals surface area contributed by atoms with Crippen molar-refractivity contribution >= 4 is 44.3 Å². The smallest absolute Gasteiger partial charge is 0.300 e. The lowest BCUT2D eigenvalue weighted by molar-refractivity contribution is -0.384. The summed E-state index contributed by atoms with van der Waals surface area (Å²) in [4.78, 5) is 9.99. The Hall–Kier alpha value is -1.84. The first-order valence-electron chi connectivity index (χ1n) is 5.45. The van der Waals surface area contributed by atoms with Gasteiger partial charge in [0.05, 0.1) is 10.6 Å². The molecule has 1 heterocycles. The zero-order valence-corrected chi connectivity index (χ0v) is 12.9. The van der Waals surface area contributed by atoms with Gasteiger partial charge in [0.25, 0.3) is 15.7 Å². The van der Waals surface area contributed by atoms with E-state index in [4.69, 9.17) is 11.6 Å². The predicted octanol–water partition coefficient (Wildman–Crippen LogP) is 2.84. The van der Waals surface area contributed by atoms with Gasteiger partial charge in [-0.05, 0) is 24.3 Å². The van der Waals surface area contributed by atoms with Crippen LogP contribution < -0.4 is 4.31 Å². The van der Waals surface area contributed by atoms with E-state index in [1.54, 1.807) is 0 Å². The van der Waals surface area contributed by atoms with Crippen molar-refractivity contribution in [1.82, 2.24) is 0 Å². The third kappa shape index (κ3) is 2.94. The molecule has 0 atom stereocenters. The van der Waals surface area contributed by atoms with Crippen molar-refractivity contribution in [3.8, 4) is 5.75 Å². The molecule has 1 aromatic carbocycles. The average molecular weight is 349 g/mol. The van der Waals surface area contributed by atoms with E-state index in [0.717, 1.165) is 10.4 Å². The van der Waals surface area contributed by atoms with E-state index in [1.807, 2.05) is 0 Å². The highest BCUT2D eigenvalue weighted by Crippen LogP contribution is 2.38. The lowest BCUT2D eigenvalue weighted by Gasteiger charge is -2.18. The number of hydrogen-bond donors (Lipinski definition) is 1. The normalized spacial score (nSPS) is 11.3. The van der Waals surface area contributed by atoms with Crippen LogP contribution >= 0.6 is 22.9 Å². The fraction of sp³-hybridized carbons (Fsp3) is 0.0909. The minimum absolute atomic E-state index is 0.000598. The molecule has 21 heavy (non-hydrogen) atoms. The minimum Gasteiger partial charge on any atom is -0.508 e. The lowest BCUT2D eigenvalue weighted by atomic mass is 10.3. The van der Waals surface area contributed by atoms with Crippen LogP contribution in [0.3, 0.4) is 0 Å². The maximum atomic E-state index is 12.4. The summed E-state index contributed by atoms with van der Waals surface area (Å²) in [5.74, 6) is -0.000598. The first-order valence-corrected chi connectivity index (χ1v) is 8.08. The number of phenols is 1. The third-order valence-corrected chi connectivity index (χ3v) is 6.24. The van der Waals surface area contributed by atoms with E-state index >= 15 is 0 Å². The molecule has 0 amide bonds. The van der Waals surface area contributed by atoms with Crippen LogP contribution in [0.5, 0.6) is 5.75 Å². The highest BCUT2D eigenvalue weighted by atomic mass is 35.5. The molecule has 1 aromatic heterocycles. The first kappa shape index (κ1) is 15.5. The predicted molar refractivity (Wildman–Crippen MR) is 79.7 cm³/mol. The highest BCUT2D eigenvalue weighted by Gasteiger charge is 2.28. The van der Waals surface area contributed by atoms with Gasteiger partial charge in [-0.3, -0.25) is 14.4 Å². The summed E-state index contributed by atoms with van der Waals surface area (Å²) in [6, 6.07) is 6.43. The molecule has 0 aliphatic heterocycles. The van der Waals surface area contributed by atoms with Crippen molar-refractivity contribution < 1.29 is 18.4 Å². The van der Waals surface area contributed by atoms with Crippen LogP contribution in [0.25, 0.3) is 0 Å². The van der Waals surface area contributed by atoms with Gasteiger partial charge in [0.2, 0.25) is 0 Å². The Kier molecular flexibility index (Phi) is 4.08. The molecule has 7 nitrogen and oxygen atoms in total. The first-order chi connectivity index (χ1) is 9.73. The topological polar surface area (TPSA) is 101 Å². The van der Waals surface area contributed by atoms with Gasteiger partial charge in [-0.1, -0.05) is 11.6 Å². The molecule has 0 aliphatic carbocycles. The van der Waals surface area contributed by atoms with Crippen LogP contribution in [-0.2, 0) is 10.0 Å². The second-order valence-corrected chi connectivity index (χ2v) is 7.82. The number of benzene rings is 1. The second kappa shape index (κ2) is 5.51. The molecule has 112 valence electrons. The summed E-state index contributed by atoms with van der Waals surface area (Å²) in [5.41, 5.74) is -0.140.